The number of H-pyrrole nitrogens is 1. The second kappa shape index (κ2) is 9.65. The third kappa shape index (κ3) is 5.79. The highest BCUT2D eigenvalue weighted by atomic mass is 19.1. The van der Waals surface area contributed by atoms with Gasteiger partial charge in [0.15, 0.2) is 0 Å². The predicted molar refractivity (Wildman–Crippen MR) is 128 cm³/mol. The first-order valence-electron chi connectivity index (χ1n) is 11.5. The van der Waals surface area contributed by atoms with Crippen molar-refractivity contribution in [2.45, 2.75) is 51.4 Å². The minimum Gasteiger partial charge on any atom is -0.444 e. The molecule has 0 bridgehead atoms. The van der Waals surface area contributed by atoms with Crippen molar-refractivity contribution in [3.05, 3.63) is 59.7 Å². The van der Waals surface area contributed by atoms with E-state index >= 15 is 0 Å². The summed E-state index contributed by atoms with van der Waals surface area (Å²) in [6, 6.07) is 9.70. The number of ether oxygens (including phenoxy) is 1. The lowest BCUT2D eigenvalue weighted by molar-refractivity contribution is -0.122. The number of carbonyl (C=O) groups is 2. The van der Waals surface area contributed by atoms with E-state index in [-0.39, 0.29) is 31.2 Å². The van der Waals surface area contributed by atoms with E-state index in [1.807, 2.05) is 0 Å². The fourth-order valence-electron chi connectivity index (χ4n) is 4.26. The van der Waals surface area contributed by atoms with Gasteiger partial charge in [0.2, 0.25) is 5.91 Å². The molecule has 2 amide bonds. The molecule has 0 unspecified atom stereocenters. The summed E-state index contributed by atoms with van der Waals surface area (Å²) in [5, 5.41) is 13.8. The molecule has 2 atom stereocenters. The van der Waals surface area contributed by atoms with E-state index in [2.05, 4.69) is 10.3 Å². The Hall–Kier alpha value is -3.46. The van der Waals surface area contributed by atoms with E-state index in [9.17, 15) is 23.5 Å². The van der Waals surface area contributed by atoms with Gasteiger partial charge in [-0.05, 0) is 80.8 Å². The number of aliphatic hydroxyl groups is 1. The largest absolute Gasteiger partial charge is 0.444 e. The van der Waals surface area contributed by atoms with E-state index in [0.717, 1.165) is 11.1 Å². The van der Waals surface area contributed by atoms with Crippen molar-refractivity contribution < 1.29 is 28.2 Å². The van der Waals surface area contributed by atoms with Gasteiger partial charge in [-0.15, -0.1) is 0 Å². The Morgan fingerprint density at radius 3 is 2.49 bits per heavy atom. The van der Waals surface area contributed by atoms with Crippen molar-refractivity contribution >= 4 is 22.9 Å². The lowest BCUT2D eigenvalue weighted by atomic mass is 10.0. The number of aliphatic hydroxyl groups excluding tert-OH is 1. The van der Waals surface area contributed by atoms with Crippen LogP contribution in [0.2, 0.25) is 0 Å². The number of rotatable bonds is 5. The highest BCUT2D eigenvalue weighted by Gasteiger charge is 2.36. The lowest BCUT2D eigenvalue weighted by Gasteiger charge is -2.24. The Kier molecular flexibility index (Phi) is 6.80. The van der Waals surface area contributed by atoms with Gasteiger partial charge in [0.1, 0.15) is 17.2 Å². The number of benzene rings is 2. The maximum absolute atomic E-state index is 14.0. The molecule has 1 fully saturated rings. The van der Waals surface area contributed by atoms with Gasteiger partial charge in [-0.3, -0.25) is 4.79 Å². The standard InChI is InChI=1S/C26H29F2N3O4/c1-26(2,3)35-25(34)31-13-21(22(32)14-31)29-23(33)11-9-18-19-12-17(28)8-10-20(19)30-24(18)15-4-6-16(27)7-5-15/h4-8,10,12,21-22,30,32H,9,11,13-14H2,1-3H3,(H,29,33)/t21-,22-/m0/s1. The second-order valence-electron chi connectivity index (χ2n) is 9.80. The van der Waals surface area contributed by atoms with Gasteiger partial charge >= 0.3 is 6.09 Å². The van der Waals surface area contributed by atoms with Crippen LogP contribution >= 0.6 is 0 Å². The molecule has 3 aromatic rings. The Morgan fingerprint density at radius 2 is 1.80 bits per heavy atom. The zero-order chi connectivity index (χ0) is 25.3. The minimum absolute atomic E-state index is 0.0658. The Labute approximate surface area is 202 Å². The summed E-state index contributed by atoms with van der Waals surface area (Å²) in [4.78, 5) is 29.7. The Bertz CT molecular complexity index is 1230. The monoisotopic (exact) mass is 485 g/mol. The van der Waals surface area contributed by atoms with Crippen LogP contribution in [0.25, 0.3) is 22.2 Å². The molecule has 0 radical (unpaired) electrons. The fraction of sp³-hybridized carbons (Fsp3) is 0.385. The molecule has 9 heteroatoms. The summed E-state index contributed by atoms with van der Waals surface area (Å²) < 4.78 is 32.8. The third-order valence-electron chi connectivity index (χ3n) is 5.89. The van der Waals surface area contributed by atoms with Crippen LogP contribution in [0.1, 0.15) is 32.8 Å². The number of β-amino-alcohol motifs (C(OH)–C–C–N with tert-alkyl or cyclic N) is 1. The van der Waals surface area contributed by atoms with E-state index in [1.54, 1.807) is 39.0 Å². The summed E-state index contributed by atoms with van der Waals surface area (Å²) >= 11 is 0. The molecular weight excluding hydrogens is 456 g/mol. The summed E-state index contributed by atoms with van der Waals surface area (Å²) in [6.45, 7) is 5.48. The van der Waals surface area contributed by atoms with Crippen molar-refractivity contribution in [2.75, 3.05) is 13.1 Å². The summed E-state index contributed by atoms with van der Waals surface area (Å²) in [7, 11) is 0. The van der Waals surface area contributed by atoms with Gasteiger partial charge in [-0.25, -0.2) is 13.6 Å². The SMILES string of the molecule is CC(C)(C)OC(=O)N1C[C@H](NC(=O)CCc2c(-c3ccc(F)cc3)[nH]c3ccc(F)cc23)[C@@H](O)C1. The molecular formula is C26H29F2N3O4. The average Bonchev–Trinajstić information content (AvgIpc) is 3.32. The number of likely N-dealkylation sites (tertiary alicyclic amines) is 1. The van der Waals surface area contributed by atoms with E-state index in [1.165, 1.54) is 29.2 Å². The van der Waals surface area contributed by atoms with E-state index in [0.29, 0.717) is 23.0 Å². The molecule has 1 aromatic heterocycles. The number of aromatic amines is 1. The molecule has 1 saturated heterocycles. The van der Waals surface area contributed by atoms with Gasteiger partial charge in [0, 0.05) is 29.6 Å². The number of amides is 2. The number of nitrogens with one attached hydrogen (secondary N) is 2. The van der Waals surface area contributed by atoms with Crippen LogP contribution in [0.5, 0.6) is 0 Å². The number of nitrogens with zero attached hydrogens (tertiary/aromatic N) is 1. The van der Waals surface area contributed by atoms with Crippen molar-refractivity contribution in [1.29, 1.82) is 0 Å². The number of aryl methyl sites for hydroxylation is 1. The number of halogens is 2. The number of fused-ring (bicyclic) bond motifs is 1. The number of hydrogen-bond acceptors (Lipinski definition) is 4. The average molecular weight is 486 g/mol. The molecule has 4 rings (SSSR count). The predicted octanol–water partition coefficient (Wildman–Crippen LogP) is 4.14. The summed E-state index contributed by atoms with van der Waals surface area (Å²) in [5.41, 5.74) is 2.20. The maximum Gasteiger partial charge on any atom is 0.410 e. The highest BCUT2D eigenvalue weighted by Crippen LogP contribution is 2.32. The fourth-order valence-corrected chi connectivity index (χ4v) is 4.26. The normalized spacial score (nSPS) is 18.2. The molecule has 1 aliphatic rings. The van der Waals surface area contributed by atoms with Gasteiger partial charge in [0.25, 0.3) is 0 Å². The van der Waals surface area contributed by atoms with Crippen LogP contribution in [0.3, 0.4) is 0 Å². The van der Waals surface area contributed by atoms with Gasteiger partial charge in [0.05, 0.1) is 18.7 Å². The second-order valence-corrected chi connectivity index (χ2v) is 9.80. The summed E-state index contributed by atoms with van der Waals surface area (Å²) in [5.74, 6) is -1.08. The number of aromatic nitrogens is 1. The Morgan fingerprint density at radius 1 is 1.11 bits per heavy atom. The molecule has 0 spiro atoms. The van der Waals surface area contributed by atoms with Gasteiger partial charge in [-0.2, -0.15) is 0 Å². The van der Waals surface area contributed by atoms with Crippen molar-refractivity contribution in [3.63, 3.8) is 0 Å². The first-order valence-corrected chi connectivity index (χ1v) is 11.5. The third-order valence-corrected chi connectivity index (χ3v) is 5.89. The molecule has 2 heterocycles. The first kappa shape index (κ1) is 24.7. The quantitative estimate of drug-likeness (QED) is 0.506. The highest BCUT2D eigenvalue weighted by molar-refractivity contribution is 5.91. The first-order chi connectivity index (χ1) is 16.5. The zero-order valence-corrected chi connectivity index (χ0v) is 19.9. The molecule has 3 N–H and O–H groups in total. The van der Waals surface area contributed by atoms with Crippen LogP contribution in [0.4, 0.5) is 13.6 Å². The van der Waals surface area contributed by atoms with Crippen LogP contribution in [-0.2, 0) is 16.0 Å². The molecule has 0 saturated carbocycles. The zero-order valence-electron chi connectivity index (χ0n) is 19.9. The summed E-state index contributed by atoms with van der Waals surface area (Å²) in [6.07, 6.45) is -1.09. The molecule has 0 aliphatic carbocycles. The Balaban J connectivity index is 1.46. The van der Waals surface area contributed by atoms with Gasteiger partial charge < -0.3 is 25.0 Å². The molecule has 186 valence electrons. The van der Waals surface area contributed by atoms with Crippen molar-refractivity contribution in [1.82, 2.24) is 15.2 Å². The molecule has 2 aromatic carbocycles. The van der Waals surface area contributed by atoms with E-state index in [4.69, 9.17) is 4.74 Å². The van der Waals surface area contributed by atoms with Crippen LogP contribution in [-0.4, -0.2) is 57.8 Å². The lowest BCUT2D eigenvalue weighted by Crippen LogP contribution is -2.43. The van der Waals surface area contributed by atoms with Crippen LogP contribution in [0.15, 0.2) is 42.5 Å². The van der Waals surface area contributed by atoms with Crippen molar-refractivity contribution in [3.8, 4) is 11.3 Å². The topological polar surface area (TPSA) is 94.7 Å². The van der Waals surface area contributed by atoms with Gasteiger partial charge in [-0.1, -0.05) is 0 Å². The maximum atomic E-state index is 14.0. The molecule has 35 heavy (non-hydrogen) atoms. The smallest absolute Gasteiger partial charge is 0.410 e. The van der Waals surface area contributed by atoms with Crippen LogP contribution < -0.4 is 5.32 Å². The van der Waals surface area contributed by atoms with Crippen molar-refractivity contribution in [2.24, 2.45) is 0 Å². The number of carbonyl (C=O) groups excluding carboxylic acids is 2. The number of hydrogen-bond donors (Lipinski definition) is 3. The minimum atomic E-state index is -0.913. The van der Waals surface area contributed by atoms with Crippen LogP contribution in [0, 0.1) is 11.6 Å². The molecule has 7 nitrogen and oxygen atoms in total. The molecule has 1 aliphatic heterocycles. The van der Waals surface area contributed by atoms with E-state index < -0.39 is 29.7 Å².